The maximum Gasteiger partial charge on any atom is 0.410 e. The summed E-state index contributed by atoms with van der Waals surface area (Å²) in [5, 5.41) is 8.01. The standard InChI is InChI=1S/C29H31ClN6O3/c1-29(2,3)39-28(38)35-15-13-34(14-16-35)19-21-7-4-5-10-24(21)33-27(37)25-11-12-36-26(32-25)23(18-31-36)20-8-6-9-22(30)17-20/h4-12,17-18H,13-16,19H2,1-3H3,(H,33,37). The van der Waals surface area contributed by atoms with Crippen molar-refractivity contribution >= 4 is 34.9 Å². The quantitative estimate of drug-likeness (QED) is 0.362. The molecule has 1 aliphatic heterocycles. The number of aromatic nitrogens is 3. The zero-order valence-corrected chi connectivity index (χ0v) is 23.0. The molecule has 4 aromatic rings. The molecule has 5 rings (SSSR count). The first-order chi connectivity index (χ1) is 18.7. The molecule has 202 valence electrons. The average Bonchev–Trinajstić information content (AvgIpc) is 3.33. The second kappa shape index (κ2) is 11.0. The van der Waals surface area contributed by atoms with Crippen molar-refractivity contribution in [2.75, 3.05) is 31.5 Å². The number of anilines is 1. The van der Waals surface area contributed by atoms with E-state index in [4.69, 9.17) is 16.3 Å². The number of benzene rings is 2. The number of piperazine rings is 1. The van der Waals surface area contributed by atoms with Crippen LogP contribution in [0.1, 0.15) is 36.8 Å². The molecule has 0 atom stereocenters. The number of fused-ring (bicyclic) bond motifs is 1. The minimum absolute atomic E-state index is 0.281. The first kappa shape index (κ1) is 26.6. The van der Waals surface area contributed by atoms with Crippen LogP contribution in [-0.4, -0.2) is 68.2 Å². The Morgan fingerprint density at radius 1 is 1.03 bits per heavy atom. The lowest BCUT2D eigenvalue weighted by atomic mass is 10.1. The highest BCUT2D eigenvalue weighted by Gasteiger charge is 2.26. The molecule has 1 N–H and O–H groups in total. The molecule has 0 unspecified atom stereocenters. The Hall–Kier alpha value is -3.95. The molecule has 9 nitrogen and oxygen atoms in total. The predicted molar refractivity (Wildman–Crippen MR) is 151 cm³/mol. The number of hydrogen-bond acceptors (Lipinski definition) is 6. The molecule has 1 aliphatic rings. The van der Waals surface area contributed by atoms with E-state index in [2.05, 4.69) is 20.3 Å². The van der Waals surface area contributed by atoms with Crippen LogP contribution in [0.5, 0.6) is 0 Å². The lowest BCUT2D eigenvalue weighted by Crippen LogP contribution is -2.49. The zero-order valence-electron chi connectivity index (χ0n) is 22.2. The number of carbonyl (C=O) groups excluding carboxylic acids is 2. The molecule has 2 amide bonds. The number of nitrogens with one attached hydrogen (secondary N) is 1. The smallest absolute Gasteiger partial charge is 0.410 e. The van der Waals surface area contributed by atoms with Crippen LogP contribution in [0.25, 0.3) is 16.8 Å². The van der Waals surface area contributed by atoms with Gasteiger partial charge in [-0.05, 0) is 56.2 Å². The average molecular weight is 547 g/mol. The molecule has 0 saturated carbocycles. The van der Waals surface area contributed by atoms with E-state index in [1.54, 1.807) is 33.9 Å². The van der Waals surface area contributed by atoms with E-state index in [1.807, 2.05) is 63.2 Å². The van der Waals surface area contributed by atoms with Crippen LogP contribution in [-0.2, 0) is 11.3 Å². The van der Waals surface area contributed by atoms with Gasteiger partial charge in [-0.1, -0.05) is 41.9 Å². The van der Waals surface area contributed by atoms with E-state index >= 15 is 0 Å². The number of ether oxygens (including phenoxy) is 1. The number of para-hydroxylation sites is 1. The van der Waals surface area contributed by atoms with Crippen molar-refractivity contribution in [3.05, 3.63) is 83.3 Å². The highest BCUT2D eigenvalue weighted by Crippen LogP contribution is 2.26. The molecule has 0 aliphatic carbocycles. The maximum atomic E-state index is 13.3. The van der Waals surface area contributed by atoms with Gasteiger partial charge < -0.3 is 15.0 Å². The minimum atomic E-state index is -0.514. The van der Waals surface area contributed by atoms with Crippen LogP contribution in [0.15, 0.2) is 67.0 Å². The number of halogens is 1. The van der Waals surface area contributed by atoms with Crippen molar-refractivity contribution in [3.63, 3.8) is 0 Å². The number of carbonyl (C=O) groups is 2. The molecule has 10 heteroatoms. The summed E-state index contributed by atoms with van der Waals surface area (Å²) < 4.78 is 7.14. The van der Waals surface area contributed by atoms with Gasteiger partial charge in [0.15, 0.2) is 5.65 Å². The van der Waals surface area contributed by atoms with Crippen molar-refractivity contribution in [1.82, 2.24) is 24.4 Å². The third kappa shape index (κ3) is 6.38. The normalized spacial score (nSPS) is 14.4. The van der Waals surface area contributed by atoms with Gasteiger partial charge in [-0.25, -0.2) is 14.3 Å². The van der Waals surface area contributed by atoms with E-state index in [0.29, 0.717) is 43.4 Å². The molecule has 0 spiro atoms. The summed E-state index contributed by atoms with van der Waals surface area (Å²) in [4.78, 5) is 34.3. The monoisotopic (exact) mass is 546 g/mol. The van der Waals surface area contributed by atoms with Gasteiger partial charge in [-0.15, -0.1) is 0 Å². The Labute approximate surface area is 232 Å². The lowest BCUT2D eigenvalue weighted by Gasteiger charge is -2.35. The van der Waals surface area contributed by atoms with E-state index in [-0.39, 0.29) is 17.7 Å². The Balaban J connectivity index is 1.27. The summed E-state index contributed by atoms with van der Waals surface area (Å²) in [6, 6.07) is 16.8. The van der Waals surface area contributed by atoms with Crippen molar-refractivity contribution in [1.29, 1.82) is 0 Å². The second-order valence-electron chi connectivity index (χ2n) is 10.5. The topological polar surface area (TPSA) is 92.1 Å². The molecule has 0 bridgehead atoms. The maximum absolute atomic E-state index is 13.3. The van der Waals surface area contributed by atoms with Gasteiger partial charge in [0.05, 0.1) is 6.20 Å². The van der Waals surface area contributed by atoms with Gasteiger partial charge in [0, 0.05) is 55.2 Å². The number of amides is 2. The summed E-state index contributed by atoms with van der Waals surface area (Å²) in [6.45, 7) is 8.86. The van der Waals surface area contributed by atoms with E-state index in [0.717, 1.165) is 22.4 Å². The Morgan fingerprint density at radius 3 is 2.54 bits per heavy atom. The van der Waals surface area contributed by atoms with Crippen LogP contribution in [0.2, 0.25) is 5.02 Å². The van der Waals surface area contributed by atoms with Crippen LogP contribution in [0.4, 0.5) is 10.5 Å². The van der Waals surface area contributed by atoms with E-state index in [9.17, 15) is 9.59 Å². The summed E-state index contributed by atoms with van der Waals surface area (Å²) in [6.07, 6.45) is 3.16. The van der Waals surface area contributed by atoms with Crippen molar-refractivity contribution in [3.8, 4) is 11.1 Å². The Kier molecular flexibility index (Phi) is 7.54. The first-order valence-corrected chi connectivity index (χ1v) is 13.2. The number of hydrogen-bond donors (Lipinski definition) is 1. The predicted octanol–water partition coefficient (Wildman–Crippen LogP) is 5.35. The van der Waals surface area contributed by atoms with Gasteiger partial charge in [-0.3, -0.25) is 9.69 Å². The van der Waals surface area contributed by atoms with Gasteiger partial charge in [-0.2, -0.15) is 5.10 Å². The Morgan fingerprint density at radius 2 is 1.79 bits per heavy atom. The molecule has 1 fully saturated rings. The lowest BCUT2D eigenvalue weighted by molar-refractivity contribution is 0.0139. The summed E-state index contributed by atoms with van der Waals surface area (Å²) in [5.74, 6) is -0.307. The Bertz CT molecular complexity index is 1500. The largest absolute Gasteiger partial charge is 0.444 e. The fourth-order valence-electron chi connectivity index (χ4n) is 4.48. The minimum Gasteiger partial charge on any atom is -0.444 e. The SMILES string of the molecule is CC(C)(C)OC(=O)N1CCN(Cc2ccccc2NC(=O)c2ccn3ncc(-c4cccc(Cl)c4)c3n2)CC1. The van der Waals surface area contributed by atoms with Crippen molar-refractivity contribution in [2.45, 2.75) is 32.9 Å². The molecular formula is C29H31ClN6O3. The molecule has 2 aromatic carbocycles. The second-order valence-corrected chi connectivity index (χ2v) is 10.9. The molecule has 1 saturated heterocycles. The van der Waals surface area contributed by atoms with Gasteiger partial charge in [0.1, 0.15) is 11.3 Å². The zero-order chi connectivity index (χ0) is 27.6. The summed E-state index contributed by atoms with van der Waals surface area (Å²) in [5.41, 5.74) is 3.72. The fourth-order valence-corrected chi connectivity index (χ4v) is 4.67. The third-order valence-corrected chi connectivity index (χ3v) is 6.66. The van der Waals surface area contributed by atoms with Gasteiger partial charge in [0.25, 0.3) is 5.91 Å². The fraction of sp³-hybridized carbons (Fsp3) is 0.310. The first-order valence-electron chi connectivity index (χ1n) is 12.9. The van der Waals surface area contributed by atoms with Crippen LogP contribution in [0, 0.1) is 0 Å². The van der Waals surface area contributed by atoms with Gasteiger partial charge in [0.2, 0.25) is 0 Å². The molecule has 3 heterocycles. The van der Waals surface area contributed by atoms with Crippen molar-refractivity contribution < 1.29 is 14.3 Å². The summed E-state index contributed by atoms with van der Waals surface area (Å²) in [7, 11) is 0. The van der Waals surface area contributed by atoms with E-state index in [1.165, 1.54) is 0 Å². The highest BCUT2D eigenvalue weighted by atomic mass is 35.5. The van der Waals surface area contributed by atoms with Gasteiger partial charge >= 0.3 is 6.09 Å². The molecular weight excluding hydrogens is 516 g/mol. The van der Waals surface area contributed by atoms with Crippen molar-refractivity contribution in [2.24, 2.45) is 0 Å². The molecule has 2 aromatic heterocycles. The molecule has 0 radical (unpaired) electrons. The highest BCUT2D eigenvalue weighted by molar-refractivity contribution is 6.30. The number of rotatable bonds is 5. The van der Waals surface area contributed by atoms with Crippen LogP contribution < -0.4 is 5.32 Å². The summed E-state index contributed by atoms with van der Waals surface area (Å²) >= 11 is 6.18. The number of nitrogens with zero attached hydrogens (tertiary/aromatic N) is 5. The molecule has 39 heavy (non-hydrogen) atoms. The third-order valence-electron chi connectivity index (χ3n) is 6.42. The van der Waals surface area contributed by atoms with Crippen LogP contribution in [0.3, 0.4) is 0 Å². The van der Waals surface area contributed by atoms with Crippen LogP contribution >= 0.6 is 11.6 Å². The van der Waals surface area contributed by atoms with E-state index < -0.39 is 5.60 Å².